The molecule has 7 nitrogen and oxygen atoms in total. The van der Waals surface area contributed by atoms with Crippen LogP contribution in [0.5, 0.6) is 0 Å². The van der Waals surface area contributed by atoms with Gasteiger partial charge in [0.1, 0.15) is 10.8 Å². The van der Waals surface area contributed by atoms with E-state index < -0.39 is 4.92 Å². The summed E-state index contributed by atoms with van der Waals surface area (Å²) in [6.07, 6.45) is 1.73. The third-order valence-corrected chi connectivity index (χ3v) is 4.27. The molecule has 0 aliphatic heterocycles. The van der Waals surface area contributed by atoms with Gasteiger partial charge in [0.2, 0.25) is 0 Å². The Balaban J connectivity index is 2.02. The van der Waals surface area contributed by atoms with Gasteiger partial charge in [-0.1, -0.05) is 0 Å². The largest absolute Gasteiger partial charge is 0.361 e. The number of nitro groups is 1. The van der Waals surface area contributed by atoms with E-state index >= 15 is 0 Å². The van der Waals surface area contributed by atoms with E-state index in [4.69, 9.17) is 0 Å². The summed E-state index contributed by atoms with van der Waals surface area (Å²) in [5.41, 5.74) is 0.809. The summed E-state index contributed by atoms with van der Waals surface area (Å²) in [6, 6.07) is 7.91. The van der Waals surface area contributed by atoms with E-state index in [9.17, 15) is 15.4 Å². The number of benzene rings is 1. The molecule has 2 aromatic heterocycles. The van der Waals surface area contributed by atoms with Crippen molar-refractivity contribution in [2.24, 2.45) is 0 Å². The van der Waals surface area contributed by atoms with Crippen LogP contribution in [0.25, 0.3) is 10.9 Å². The van der Waals surface area contributed by atoms with Crippen molar-refractivity contribution in [1.82, 2.24) is 9.97 Å². The molecule has 0 spiro atoms. The molecule has 0 amide bonds. The summed E-state index contributed by atoms with van der Waals surface area (Å²) in [5, 5.41) is 26.7. The van der Waals surface area contributed by atoms with Gasteiger partial charge in [0, 0.05) is 29.1 Å². The highest BCUT2D eigenvalue weighted by molar-refractivity contribution is 7.09. The van der Waals surface area contributed by atoms with Crippen LogP contribution in [-0.2, 0) is 0 Å². The number of nitrogens with zero attached hydrogens (tertiary/aromatic N) is 4. The quantitative estimate of drug-likeness (QED) is 0.580. The Kier molecular flexibility index (Phi) is 3.87. The maximum Gasteiger partial charge on any atom is 0.270 e. The van der Waals surface area contributed by atoms with E-state index in [1.54, 1.807) is 18.3 Å². The molecular weight excluding hydrogens is 314 g/mol. The van der Waals surface area contributed by atoms with Gasteiger partial charge in [-0.3, -0.25) is 10.1 Å². The minimum Gasteiger partial charge on any atom is -0.361 e. The standard InChI is InChI=1S/C15H11N5O2S/c1-9(15-17-4-5-23-15)18-14-6-10(8-16)12-7-11(20(21)22)2-3-13(12)19-14/h2-7,9H,1H3,(H,18,19). The Bertz CT molecular complexity index is 918. The van der Waals surface area contributed by atoms with E-state index in [1.165, 1.54) is 23.5 Å². The number of rotatable bonds is 4. The predicted molar refractivity (Wildman–Crippen MR) is 87.3 cm³/mol. The minimum absolute atomic E-state index is 0.0514. The Labute approximate surface area is 135 Å². The molecule has 0 saturated carbocycles. The van der Waals surface area contributed by atoms with Crippen LogP contribution in [0.4, 0.5) is 11.5 Å². The molecule has 1 N–H and O–H groups in total. The highest BCUT2D eigenvalue weighted by atomic mass is 32.1. The molecular formula is C15H11N5O2S. The maximum atomic E-state index is 10.9. The van der Waals surface area contributed by atoms with E-state index in [0.717, 1.165) is 5.01 Å². The number of non-ortho nitro benzene ring substituents is 1. The fourth-order valence-electron chi connectivity index (χ4n) is 2.23. The van der Waals surface area contributed by atoms with Crippen molar-refractivity contribution in [3.8, 4) is 6.07 Å². The molecule has 0 radical (unpaired) electrons. The Morgan fingerprint density at radius 3 is 2.91 bits per heavy atom. The van der Waals surface area contributed by atoms with Crippen LogP contribution in [-0.4, -0.2) is 14.9 Å². The number of anilines is 1. The summed E-state index contributed by atoms with van der Waals surface area (Å²) in [4.78, 5) is 19.0. The van der Waals surface area contributed by atoms with Gasteiger partial charge in [0.15, 0.2) is 0 Å². The maximum absolute atomic E-state index is 10.9. The normalized spacial score (nSPS) is 11.8. The number of thiazole rings is 1. The summed E-state index contributed by atoms with van der Waals surface area (Å²) >= 11 is 1.53. The molecule has 1 atom stereocenters. The molecule has 0 saturated heterocycles. The molecule has 3 aromatic rings. The van der Waals surface area contributed by atoms with Crippen molar-refractivity contribution < 1.29 is 4.92 Å². The summed E-state index contributed by atoms with van der Waals surface area (Å²) in [5.74, 6) is 0.533. The average Bonchev–Trinajstić information content (AvgIpc) is 3.08. The van der Waals surface area contributed by atoms with Crippen molar-refractivity contribution in [1.29, 1.82) is 5.26 Å². The van der Waals surface area contributed by atoms with Gasteiger partial charge in [-0.05, 0) is 19.1 Å². The predicted octanol–water partition coefficient (Wildman–Crippen LogP) is 3.64. The van der Waals surface area contributed by atoms with Gasteiger partial charge < -0.3 is 5.32 Å². The number of nitro benzene ring substituents is 1. The lowest BCUT2D eigenvalue weighted by Crippen LogP contribution is -2.08. The molecule has 1 aromatic carbocycles. The molecule has 2 heterocycles. The molecule has 8 heteroatoms. The number of nitriles is 1. The van der Waals surface area contributed by atoms with Gasteiger partial charge in [-0.2, -0.15) is 5.26 Å². The van der Waals surface area contributed by atoms with Crippen LogP contribution in [0, 0.1) is 21.4 Å². The van der Waals surface area contributed by atoms with Crippen LogP contribution >= 0.6 is 11.3 Å². The number of fused-ring (bicyclic) bond motifs is 1. The van der Waals surface area contributed by atoms with Gasteiger partial charge >= 0.3 is 0 Å². The van der Waals surface area contributed by atoms with Crippen LogP contribution in [0.15, 0.2) is 35.8 Å². The van der Waals surface area contributed by atoms with Crippen molar-refractivity contribution in [3.05, 3.63) is 56.5 Å². The molecule has 0 fully saturated rings. The Morgan fingerprint density at radius 1 is 1.43 bits per heavy atom. The van der Waals surface area contributed by atoms with Crippen LogP contribution < -0.4 is 5.32 Å². The first-order valence-corrected chi connectivity index (χ1v) is 7.61. The highest BCUT2D eigenvalue weighted by Crippen LogP contribution is 2.27. The van der Waals surface area contributed by atoms with E-state index in [2.05, 4.69) is 21.4 Å². The topological polar surface area (TPSA) is 105 Å². The minimum atomic E-state index is -0.489. The van der Waals surface area contributed by atoms with Crippen LogP contribution in [0.3, 0.4) is 0 Å². The lowest BCUT2D eigenvalue weighted by atomic mass is 10.1. The number of hydrogen-bond donors (Lipinski definition) is 1. The molecule has 0 aliphatic rings. The van der Waals surface area contributed by atoms with Gasteiger partial charge in [-0.25, -0.2) is 9.97 Å². The average molecular weight is 325 g/mol. The van der Waals surface area contributed by atoms with Crippen LogP contribution in [0.2, 0.25) is 0 Å². The third kappa shape index (κ3) is 2.95. The zero-order valence-electron chi connectivity index (χ0n) is 12.1. The second-order valence-corrected chi connectivity index (χ2v) is 5.79. The molecule has 3 rings (SSSR count). The highest BCUT2D eigenvalue weighted by Gasteiger charge is 2.14. The molecule has 1 unspecified atom stereocenters. The van der Waals surface area contributed by atoms with Crippen LogP contribution in [0.1, 0.15) is 23.5 Å². The zero-order valence-corrected chi connectivity index (χ0v) is 12.9. The molecule has 23 heavy (non-hydrogen) atoms. The number of hydrogen-bond acceptors (Lipinski definition) is 7. The van der Waals surface area contributed by atoms with Crippen molar-refractivity contribution in [2.75, 3.05) is 5.32 Å². The third-order valence-electron chi connectivity index (χ3n) is 3.31. The smallest absolute Gasteiger partial charge is 0.270 e. The monoisotopic (exact) mass is 325 g/mol. The van der Waals surface area contributed by atoms with E-state index in [1.807, 2.05) is 12.3 Å². The first-order chi connectivity index (χ1) is 11.1. The summed E-state index contributed by atoms with van der Waals surface area (Å²) in [6.45, 7) is 1.95. The SMILES string of the molecule is CC(Nc1cc(C#N)c2cc([N+](=O)[O-])ccc2n1)c1nccs1. The van der Waals surface area contributed by atoms with Gasteiger partial charge in [0.25, 0.3) is 5.69 Å². The van der Waals surface area contributed by atoms with Gasteiger partial charge in [0.05, 0.1) is 28.1 Å². The van der Waals surface area contributed by atoms with E-state index in [-0.39, 0.29) is 11.7 Å². The first-order valence-electron chi connectivity index (χ1n) is 6.73. The molecule has 0 bridgehead atoms. The van der Waals surface area contributed by atoms with Gasteiger partial charge in [-0.15, -0.1) is 11.3 Å². The summed E-state index contributed by atoms with van der Waals surface area (Å²) < 4.78 is 0. The Morgan fingerprint density at radius 2 is 2.26 bits per heavy atom. The lowest BCUT2D eigenvalue weighted by Gasteiger charge is -2.13. The number of nitrogens with one attached hydrogen (secondary N) is 1. The van der Waals surface area contributed by atoms with Crippen molar-refractivity contribution in [2.45, 2.75) is 13.0 Å². The number of pyridine rings is 1. The molecule has 114 valence electrons. The fourth-order valence-corrected chi connectivity index (χ4v) is 2.87. The molecule has 0 aliphatic carbocycles. The number of aromatic nitrogens is 2. The lowest BCUT2D eigenvalue weighted by molar-refractivity contribution is -0.384. The zero-order chi connectivity index (χ0) is 16.4. The Hall–Kier alpha value is -3.05. The summed E-state index contributed by atoms with van der Waals surface area (Å²) in [7, 11) is 0. The second-order valence-electron chi connectivity index (χ2n) is 4.86. The second kappa shape index (κ2) is 5.98. The van der Waals surface area contributed by atoms with Crippen molar-refractivity contribution in [3.63, 3.8) is 0 Å². The fraction of sp³-hybridized carbons (Fsp3) is 0.133. The van der Waals surface area contributed by atoms with E-state index in [0.29, 0.717) is 22.3 Å². The first kappa shape index (κ1) is 14.9. The van der Waals surface area contributed by atoms with Crippen molar-refractivity contribution >= 4 is 33.7 Å².